The fraction of sp³-hybridized carbons (Fsp3) is 0.767. The van der Waals surface area contributed by atoms with Crippen LogP contribution in [0.5, 0.6) is 0 Å². The summed E-state index contributed by atoms with van der Waals surface area (Å²) in [5.41, 5.74) is -1.75. The number of nitrogens with zero attached hydrogens (tertiary/aromatic N) is 1. The minimum Gasteiger partial charge on any atom is -0.446 e. The summed E-state index contributed by atoms with van der Waals surface area (Å²) in [5, 5.41) is 24.1. The summed E-state index contributed by atoms with van der Waals surface area (Å²) in [5.74, 6) is 1.66. The zero-order chi connectivity index (χ0) is 36.6. The SMILES string of the molecule is COCCCN(CC1(O)CCC2C34C=CC5(C=C3C(=O)c3ccc(C)s3)CC(O)CCC5(C)C4CCC21C)C(=O)OC1CC(C)CCC1C(C)C. The average Bonchev–Trinajstić information content (AvgIpc) is 3.63. The molecule has 7 aliphatic carbocycles. The fourth-order valence-corrected chi connectivity index (χ4v) is 13.5. The number of carbonyl (C=O) groups excluding carboxylic acids is 2. The number of ether oxygens (including phenoxy) is 2. The number of amides is 1. The van der Waals surface area contributed by atoms with Crippen LogP contribution < -0.4 is 0 Å². The summed E-state index contributed by atoms with van der Waals surface area (Å²) in [6, 6.07) is 4.01. The average molecular weight is 722 g/mol. The number of hydrogen-bond acceptors (Lipinski definition) is 7. The van der Waals surface area contributed by atoms with Crippen LogP contribution in [0.2, 0.25) is 0 Å². The minimum absolute atomic E-state index is 0.0320. The smallest absolute Gasteiger partial charge is 0.410 e. The molecule has 2 N–H and O–H groups in total. The molecule has 282 valence electrons. The molecule has 7 aliphatic rings. The largest absolute Gasteiger partial charge is 0.446 e. The second kappa shape index (κ2) is 13.4. The molecule has 7 nitrogen and oxygen atoms in total. The molecule has 11 atom stereocenters. The summed E-state index contributed by atoms with van der Waals surface area (Å²) in [6.45, 7) is 14.6. The van der Waals surface area contributed by atoms with Crippen molar-refractivity contribution in [2.24, 2.45) is 51.2 Å². The number of carbonyl (C=O) groups is 2. The molecule has 0 radical (unpaired) electrons. The highest BCUT2D eigenvalue weighted by Crippen LogP contribution is 2.78. The van der Waals surface area contributed by atoms with E-state index < -0.39 is 16.4 Å². The van der Waals surface area contributed by atoms with Gasteiger partial charge in [0.1, 0.15) is 6.10 Å². The lowest BCUT2D eigenvalue weighted by Gasteiger charge is -2.71. The zero-order valence-electron chi connectivity index (χ0n) is 32.2. The Morgan fingerprint density at radius 2 is 1.75 bits per heavy atom. The van der Waals surface area contributed by atoms with Gasteiger partial charge < -0.3 is 24.6 Å². The second-order valence-electron chi connectivity index (χ2n) is 18.6. The number of methoxy groups -OCH3 is 1. The molecule has 8 rings (SSSR count). The first-order valence-electron chi connectivity index (χ1n) is 20.0. The lowest BCUT2D eigenvalue weighted by Crippen LogP contribution is -2.67. The Bertz CT molecular complexity index is 1570. The molecule has 4 saturated carbocycles. The van der Waals surface area contributed by atoms with Gasteiger partial charge in [-0.15, -0.1) is 11.3 Å². The van der Waals surface area contributed by atoms with Crippen LogP contribution >= 0.6 is 11.3 Å². The van der Waals surface area contributed by atoms with Gasteiger partial charge in [-0.3, -0.25) is 4.79 Å². The van der Waals surface area contributed by atoms with Crippen molar-refractivity contribution in [2.45, 2.75) is 130 Å². The van der Waals surface area contributed by atoms with Gasteiger partial charge in [-0.2, -0.15) is 0 Å². The molecule has 1 heterocycles. The van der Waals surface area contributed by atoms with E-state index in [0.29, 0.717) is 50.2 Å². The van der Waals surface area contributed by atoms with E-state index in [-0.39, 0.29) is 53.3 Å². The number of aryl methyl sites for hydroxylation is 1. The molecule has 8 heteroatoms. The van der Waals surface area contributed by atoms with E-state index in [4.69, 9.17) is 9.47 Å². The van der Waals surface area contributed by atoms with Gasteiger partial charge in [0.25, 0.3) is 0 Å². The molecule has 11 unspecified atom stereocenters. The van der Waals surface area contributed by atoms with Crippen LogP contribution in [0, 0.1) is 58.2 Å². The Labute approximate surface area is 310 Å². The maximum absolute atomic E-state index is 14.8. The van der Waals surface area contributed by atoms with E-state index in [0.717, 1.165) is 66.7 Å². The molecule has 0 aliphatic heterocycles. The van der Waals surface area contributed by atoms with E-state index in [2.05, 4.69) is 52.8 Å². The molecular weight excluding hydrogens is 659 g/mol. The molecule has 1 aromatic heterocycles. The molecule has 2 spiro atoms. The highest BCUT2D eigenvalue weighted by molar-refractivity contribution is 7.14. The maximum atomic E-state index is 14.8. The van der Waals surface area contributed by atoms with Crippen molar-refractivity contribution in [1.82, 2.24) is 4.90 Å². The van der Waals surface area contributed by atoms with Crippen LogP contribution in [0.3, 0.4) is 0 Å². The fourth-order valence-electron chi connectivity index (χ4n) is 12.7. The summed E-state index contributed by atoms with van der Waals surface area (Å²) in [7, 11) is 1.68. The van der Waals surface area contributed by atoms with Crippen molar-refractivity contribution in [3.63, 3.8) is 0 Å². The molecule has 0 saturated heterocycles. The van der Waals surface area contributed by atoms with Gasteiger partial charge in [0.2, 0.25) is 0 Å². The number of aliphatic hydroxyl groups is 2. The zero-order valence-corrected chi connectivity index (χ0v) is 33.0. The topological polar surface area (TPSA) is 96.3 Å². The summed E-state index contributed by atoms with van der Waals surface area (Å²) in [6.07, 6.45) is 15.4. The second-order valence-corrected chi connectivity index (χ2v) is 19.9. The number of aliphatic hydroxyl groups excluding tert-OH is 1. The Balaban J connectivity index is 1.24. The highest BCUT2D eigenvalue weighted by atomic mass is 32.1. The first kappa shape index (κ1) is 37.3. The Hall–Kier alpha value is -2.00. The molecule has 0 aromatic carbocycles. The van der Waals surface area contributed by atoms with Crippen LogP contribution in [0.25, 0.3) is 0 Å². The van der Waals surface area contributed by atoms with Gasteiger partial charge in [0.15, 0.2) is 5.78 Å². The van der Waals surface area contributed by atoms with E-state index >= 15 is 0 Å². The van der Waals surface area contributed by atoms with Gasteiger partial charge in [-0.25, -0.2) is 4.79 Å². The van der Waals surface area contributed by atoms with Gasteiger partial charge in [-0.1, -0.05) is 59.3 Å². The van der Waals surface area contributed by atoms with Gasteiger partial charge in [-0.05, 0) is 118 Å². The molecule has 2 bridgehead atoms. The van der Waals surface area contributed by atoms with Crippen molar-refractivity contribution in [1.29, 1.82) is 0 Å². The number of fused-ring (bicyclic) bond motifs is 1. The minimum atomic E-state index is -1.14. The number of allylic oxidation sites excluding steroid dienone is 4. The molecular formula is C43H63NO6S. The highest BCUT2D eigenvalue weighted by Gasteiger charge is 2.74. The summed E-state index contributed by atoms with van der Waals surface area (Å²) in [4.78, 5) is 32.7. The first-order chi connectivity index (χ1) is 24.1. The Kier molecular flexibility index (Phi) is 9.80. The van der Waals surface area contributed by atoms with Crippen molar-refractivity contribution in [2.75, 3.05) is 26.8 Å². The number of hydrogen-bond donors (Lipinski definition) is 2. The Morgan fingerprint density at radius 1 is 1.02 bits per heavy atom. The van der Waals surface area contributed by atoms with Crippen molar-refractivity contribution in [3.8, 4) is 0 Å². The van der Waals surface area contributed by atoms with E-state index in [1.165, 1.54) is 0 Å². The van der Waals surface area contributed by atoms with E-state index in [9.17, 15) is 19.8 Å². The van der Waals surface area contributed by atoms with E-state index in [1.54, 1.807) is 23.3 Å². The lowest BCUT2D eigenvalue weighted by molar-refractivity contribution is -0.175. The number of rotatable bonds is 10. The van der Waals surface area contributed by atoms with Gasteiger partial charge >= 0.3 is 6.09 Å². The van der Waals surface area contributed by atoms with Crippen molar-refractivity contribution >= 4 is 23.2 Å². The third-order valence-corrected chi connectivity index (χ3v) is 16.6. The predicted octanol–water partition coefficient (Wildman–Crippen LogP) is 8.77. The predicted molar refractivity (Wildman–Crippen MR) is 202 cm³/mol. The molecule has 51 heavy (non-hydrogen) atoms. The third kappa shape index (κ3) is 5.74. The van der Waals surface area contributed by atoms with Crippen molar-refractivity contribution < 1.29 is 29.3 Å². The maximum Gasteiger partial charge on any atom is 0.410 e. The van der Waals surface area contributed by atoms with E-state index in [1.807, 2.05) is 19.1 Å². The summed E-state index contributed by atoms with van der Waals surface area (Å²) >= 11 is 1.56. The van der Waals surface area contributed by atoms with Crippen LogP contribution in [0.4, 0.5) is 4.79 Å². The van der Waals surface area contributed by atoms with Crippen LogP contribution in [-0.2, 0) is 9.47 Å². The normalized spacial score (nSPS) is 42.6. The first-order valence-corrected chi connectivity index (χ1v) is 20.8. The standard InChI is InChI=1S/C43H63NO6S/c1-27(2)31-11-9-28(3)23-33(31)50-38(47)44(21-8-22-49-7)26-42(48)18-15-36-40(42,6)17-14-35-39(5)16-13-30(45)24-41(39)19-20-43(35,36)32(25-41)37(46)34-12-10-29(4)51-34/h10,12,19-20,25,27-28,30-31,33,35-36,45,48H,8-9,11,13-18,21-24,26H2,1-7H3. The molecule has 4 fully saturated rings. The molecule has 1 amide bonds. The van der Waals surface area contributed by atoms with Crippen LogP contribution in [-0.4, -0.2) is 71.6 Å². The summed E-state index contributed by atoms with van der Waals surface area (Å²) < 4.78 is 11.8. The van der Waals surface area contributed by atoms with Crippen LogP contribution in [0.15, 0.2) is 35.9 Å². The number of thiophene rings is 1. The van der Waals surface area contributed by atoms with Gasteiger partial charge in [0, 0.05) is 47.0 Å². The number of Topliss-reactive ketones (excluding diaryl/α,β-unsaturated/α-hetero) is 1. The van der Waals surface area contributed by atoms with Gasteiger partial charge in [0.05, 0.1) is 23.1 Å². The Morgan fingerprint density at radius 3 is 2.45 bits per heavy atom. The monoisotopic (exact) mass is 721 g/mol. The lowest BCUT2D eigenvalue weighted by atomic mass is 9.32. The van der Waals surface area contributed by atoms with Crippen LogP contribution in [0.1, 0.15) is 120 Å². The van der Waals surface area contributed by atoms with Crippen molar-refractivity contribution in [3.05, 3.63) is 45.7 Å². The number of ketones is 1. The molecule has 1 aromatic rings. The quantitative estimate of drug-likeness (QED) is 0.143. The third-order valence-electron chi connectivity index (χ3n) is 15.6.